The van der Waals surface area contributed by atoms with Gasteiger partial charge in [-0.2, -0.15) is 13.2 Å². The number of piperidine rings is 1. The van der Waals surface area contributed by atoms with Crippen molar-refractivity contribution in [2.24, 2.45) is 5.92 Å². The maximum Gasteiger partial charge on any atom is 0.416 e. The number of nitrogens with zero attached hydrogens (tertiary/aromatic N) is 3. The minimum Gasteiger partial charge on any atom is -0.476 e. The lowest BCUT2D eigenvalue weighted by Crippen LogP contribution is -2.37. The van der Waals surface area contributed by atoms with E-state index in [9.17, 15) is 13.2 Å². The van der Waals surface area contributed by atoms with Gasteiger partial charge in [-0.05, 0) is 31.0 Å². The van der Waals surface area contributed by atoms with Gasteiger partial charge in [0, 0.05) is 31.4 Å². The van der Waals surface area contributed by atoms with Gasteiger partial charge < -0.3 is 4.74 Å². The van der Waals surface area contributed by atoms with Crippen LogP contribution in [0.15, 0.2) is 42.9 Å². The smallest absolute Gasteiger partial charge is 0.416 e. The molecule has 1 fully saturated rings. The van der Waals surface area contributed by atoms with E-state index < -0.39 is 11.7 Å². The molecule has 0 amide bonds. The van der Waals surface area contributed by atoms with Crippen LogP contribution < -0.4 is 4.74 Å². The fourth-order valence-electron chi connectivity index (χ4n) is 3.17. The highest BCUT2D eigenvalue weighted by atomic mass is 19.4. The van der Waals surface area contributed by atoms with E-state index in [-0.39, 0.29) is 5.92 Å². The Bertz CT molecular complexity index is 679. The summed E-state index contributed by atoms with van der Waals surface area (Å²) < 4.78 is 45.1. The maximum absolute atomic E-state index is 13.1. The Hall–Kier alpha value is -2.15. The first-order valence-electron chi connectivity index (χ1n) is 8.28. The molecule has 2 aromatic rings. The molecule has 7 heteroatoms. The fraction of sp³-hybridized carbons (Fsp3) is 0.444. The molecule has 0 spiro atoms. The van der Waals surface area contributed by atoms with Crippen molar-refractivity contribution in [2.75, 3.05) is 19.7 Å². The van der Waals surface area contributed by atoms with Crippen LogP contribution in [0.4, 0.5) is 13.2 Å². The molecule has 1 saturated heterocycles. The average molecular weight is 351 g/mol. The third-order valence-corrected chi connectivity index (χ3v) is 4.33. The van der Waals surface area contributed by atoms with E-state index in [1.165, 1.54) is 6.07 Å². The molecule has 2 heterocycles. The van der Waals surface area contributed by atoms with Crippen molar-refractivity contribution in [3.63, 3.8) is 0 Å². The zero-order valence-electron chi connectivity index (χ0n) is 13.7. The molecule has 0 bridgehead atoms. The van der Waals surface area contributed by atoms with Crippen molar-refractivity contribution >= 4 is 0 Å². The third kappa shape index (κ3) is 4.92. The second kappa shape index (κ2) is 7.82. The number of rotatable bonds is 5. The summed E-state index contributed by atoms with van der Waals surface area (Å²) in [7, 11) is 0. The highest BCUT2D eigenvalue weighted by Gasteiger charge is 2.33. The average Bonchev–Trinajstić information content (AvgIpc) is 2.61. The van der Waals surface area contributed by atoms with Crippen LogP contribution in [0.1, 0.15) is 24.0 Å². The Kier molecular flexibility index (Phi) is 5.53. The lowest BCUT2D eigenvalue weighted by atomic mass is 9.97. The molecule has 0 radical (unpaired) electrons. The Morgan fingerprint density at radius 2 is 2.04 bits per heavy atom. The predicted octanol–water partition coefficient (Wildman–Crippen LogP) is 3.79. The van der Waals surface area contributed by atoms with Gasteiger partial charge in [-0.1, -0.05) is 18.2 Å². The van der Waals surface area contributed by atoms with E-state index in [0.29, 0.717) is 31.1 Å². The van der Waals surface area contributed by atoms with Crippen molar-refractivity contribution < 1.29 is 17.9 Å². The predicted molar refractivity (Wildman–Crippen MR) is 87.0 cm³/mol. The standard InChI is InChI=1S/C18H20F3N3O/c19-18(20,21)16-6-2-1-5-15(16)12-24-9-3-4-14(11-24)13-25-17-10-22-7-8-23-17/h1-2,5-8,10,14H,3-4,9,11-13H2. The van der Waals surface area contributed by atoms with Gasteiger partial charge in [0.05, 0.1) is 18.4 Å². The second-order valence-electron chi connectivity index (χ2n) is 6.25. The van der Waals surface area contributed by atoms with E-state index in [0.717, 1.165) is 25.5 Å². The topological polar surface area (TPSA) is 38.2 Å². The Morgan fingerprint density at radius 3 is 2.80 bits per heavy atom. The SMILES string of the molecule is FC(F)(F)c1ccccc1CN1CCCC(COc2cnccn2)C1. The Morgan fingerprint density at radius 1 is 1.20 bits per heavy atom. The number of hydrogen-bond acceptors (Lipinski definition) is 4. The van der Waals surface area contributed by atoms with Gasteiger partial charge in [-0.3, -0.25) is 9.88 Å². The second-order valence-corrected chi connectivity index (χ2v) is 6.25. The molecule has 4 nitrogen and oxygen atoms in total. The number of benzene rings is 1. The normalized spacial score (nSPS) is 18.9. The van der Waals surface area contributed by atoms with Crippen LogP contribution in [0.25, 0.3) is 0 Å². The molecule has 1 unspecified atom stereocenters. The maximum atomic E-state index is 13.1. The highest BCUT2D eigenvalue weighted by molar-refractivity contribution is 5.29. The summed E-state index contributed by atoms with van der Waals surface area (Å²) in [5.41, 5.74) is -0.224. The number of halogens is 3. The number of hydrogen-bond donors (Lipinski definition) is 0. The van der Waals surface area contributed by atoms with E-state index in [1.54, 1.807) is 30.7 Å². The van der Waals surface area contributed by atoms with Gasteiger partial charge in [0.2, 0.25) is 5.88 Å². The summed E-state index contributed by atoms with van der Waals surface area (Å²) >= 11 is 0. The van der Waals surface area contributed by atoms with Crippen LogP contribution >= 0.6 is 0 Å². The number of ether oxygens (including phenoxy) is 1. The van der Waals surface area contributed by atoms with Crippen molar-refractivity contribution in [1.82, 2.24) is 14.9 Å². The van der Waals surface area contributed by atoms with Crippen LogP contribution in [0.2, 0.25) is 0 Å². The summed E-state index contributed by atoms with van der Waals surface area (Å²) in [4.78, 5) is 10.1. The number of aromatic nitrogens is 2. The number of likely N-dealkylation sites (tertiary alicyclic amines) is 1. The van der Waals surface area contributed by atoms with Crippen LogP contribution in [-0.4, -0.2) is 34.6 Å². The Balaban J connectivity index is 1.59. The first-order valence-corrected chi connectivity index (χ1v) is 8.28. The minimum absolute atomic E-state index is 0.272. The van der Waals surface area contributed by atoms with Gasteiger partial charge in [0.25, 0.3) is 0 Å². The van der Waals surface area contributed by atoms with Crippen molar-refractivity contribution in [3.8, 4) is 5.88 Å². The lowest BCUT2D eigenvalue weighted by Gasteiger charge is -2.33. The fourth-order valence-corrected chi connectivity index (χ4v) is 3.17. The zero-order valence-corrected chi connectivity index (χ0v) is 13.7. The third-order valence-electron chi connectivity index (χ3n) is 4.33. The molecule has 3 rings (SSSR count). The van der Waals surface area contributed by atoms with E-state index >= 15 is 0 Å². The van der Waals surface area contributed by atoms with Gasteiger partial charge >= 0.3 is 6.18 Å². The molecule has 0 saturated carbocycles. The molecular weight excluding hydrogens is 331 g/mol. The number of alkyl halides is 3. The van der Waals surface area contributed by atoms with Gasteiger partial charge in [0.1, 0.15) is 0 Å². The highest BCUT2D eigenvalue weighted by Crippen LogP contribution is 2.33. The monoisotopic (exact) mass is 351 g/mol. The van der Waals surface area contributed by atoms with Crippen molar-refractivity contribution in [2.45, 2.75) is 25.6 Å². The first-order chi connectivity index (χ1) is 12.0. The zero-order chi connectivity index (χ0) is 17.7. The van der Waals surface area contributed by atoms with Crippen LogP contribution in [0, 0.1) is 5.92 Å². The minimum atomic E-state index is -4.32. The summed E-state index contributed by atoms with van der Waals surface area (Å²) in [5, 5.41) is 0. The van der Waals surface area contributed by atoms with E-state index in [1.807, 2.05) is 0 Å². The molecule has 134 valence electrons. The van der Waals surface area contributed by atoms with Gasteiger partial charge in [0.15, 0.2) is 0 Å². The van der Waals surface area contributed by atoms with E-state index in [4.69, 9.17) is 4.74 Å². The van der Waals surface area contributed by atoms with Crippen LogP contribution in [0.3, 0.4) is 0 Å². The largest absolute Gasteiger partial charge is 0.476 e. The molecule has 1 atom stereocenters. The lowest BCUT2D eigenvalue weighted by molar-refractivity contribution is -0.138. The van der Waals surface area contributed by atoms with Crippen LogP contribution in [-0.2, 0) is 12.7 Å². The summed E-state index contributed by atoms with van der Waals surface area (Å²) in [6, 6.07) is 5.79. The molecule has 1 aliphatic heterocycles. The molecule has 1 aromatic carbocycles. The molecule has 1 aromatic heterocycles. The van der Waals surface area contributed by atoms with Gasteiger partial charge in [-0.15, -0.1) is 0 Å². The molecule has 0 N–H and O–H groups in total. The first kappa shape index (κ1) is 17.7. The van der Waals surface area contributed by atoms with Gasteiger partial charge in [-0.25, -0.2) is 4.98 Å². The Labute approximate surface area is 144 Å². The molecule has 1 aliphatic rings. The molecular formula is C18H20F3N3O. The molecule has 25 heavy (non-hydrogen) atoms. The van der Waals surface area contributed by atoms with Crippen molar-refractivity contribution in [3.05, 3.63) is 54.0 Å². The van der Waals surface area contributed by atoms with Crippen molar-refractivity contribution in [1.29, 1.82) is 0 Å². The quantitative estimate of drug-likeness (QED) is 0.822. The van der Waals surface area contributed by atoms with E-state index in [2.05, 4.69) is 14.9 Å². The summed E-state index contributed by atoms with van der Waals surface area (Å²) in [6.07, 6.45) is 2.32. The van der Waals surface area contributed by atoms with Crippen LogP contribution in [0.5, 0.6) is 5.88 Å². The summed E-state index contributed by atoms with van der Waals surface area (Å²) in [6.45, 7) is 2.31. The molecule has 0 aliphatic carbocycles. The summed E-state index contributed by atoms with van der Waals surface area (Å²) in [5.74, 6) is 0.746.